The Labute approximate surface area is 83.7 Å². The fourth-order valence-electron chi connectivity index (χ4n) is 1.48. The van der Waals surface area contributed by atoms with E-state index >= 15 is 0 Å². The Morgan fingerprint density at radius 2 is 2.00 bits per heavy atom. The molecule has 2 rings (SSSR count). The quantitative estimate of drug-likeness (QED) is 0.718. The van der Waals surface area contributed by atoms with Crippen LogP contribution in [0.4, 0.5) is 0 Å². The third-order valence-corrected chi connectivity index (χ3v) is 2.70. The third-order valence-electron chi connectivity index (χ3n) is 2.70. The van der Waals surface area contributed by atoms with E-state index in [0.29, 0.717) is 5.82 Å². The van der Waals surface area contributed by atoms with Crippen molar-refractivity contribution in [2.45, 2.75) is 51.1 Å². The molecule has 1 fully saturated rings. The highest BCUT2D eigenvalue weighted by atomic mass is 15.6. The van der Waals surface area contributed by atoms with Gasteiger partial charge in [-0.15, -0.1) is 10.2 Å². The molecule has 0 aliphatic heterocycles. The third kappa shape index (κ3) is 1.41. The van der Waals surface area contributed by atoms with E-state index in [1.165, 1.54) is 6.42 Å². The largest absolute Gasteiger partial charge is 0.319 e. The van der Waals surface area contributed by atoms with Crippen molar-refractivity contribution in [3.8, 4) is 0 Å². The van der Waals surface area contributed by atoms with Gasteiger partial charge in [-0.05, 0) is 45.2 Å². The SMILES string of the molecule is CC(C)(C)n1nnc(C2(N)CCC2)n1. The molecule has 0 radical (unpaired) electrons. The van der Waals surface area contributed by atoms with Crippen molar-refractivity contribution in [2.24, 2.45) is 5.73 Å². The zero-order valence-electron chi connectivity index (χ0n) is 8.99. The van der Waals surface area contributed by atoms with E-state index in [4.69, 9.17) is 5.73 Å². The highest BCUT2D eigenvalue weighted by Crippen LogP contribution is 2.36. The normalized spacial score (nSPS) is 20.6. The summed E-state index contributed by atoms with van der Waals surface area (Å²) >= 11 is 0. The average molecular weight is 195 g/mol. The molecular weight excluding hydrogens is 178 g/mol. The number of rotatable bonds is 1. The summed E-state index contributed by atoms with van der Waals surface area (Å²) in [6.45, 7) is 6.13. The van der Waals surface area contributed by atoms with Crippen molar-refractivity contribution in [3.05, 3.63) is 5.82 Å². The predicted molar refractivity (Wildman–Crippen MR) is 52.5 cm³/mol. The summed E-state index contributed by atoms with van der Waals surface area (Å²) in [5.41, 5.74) is 5.68. The highest BCUT2D eigenvalue weighted by Gasteiger charge is 2.39. The first-order valence-electron chi connectivity index (χ1n) is 5.02. The van der Waals surface area contributed by atoms with Gasteiger partial charge in [-0.1, -0.05) is 0 Å². The molecule has 1 saturated carbocycles. The van der Waals surface area contributed by atoms with E-state index in [0.717, 1.165) is 12.8 Å². The van der Waals surface area contributed by atoms with Crippen molar-refractivity contribution >= 4 is 0 Å². The smallest absolute Gasteiger partial charge is 0.194 e. The minimum absolute atomic E-state index is 0.120. The van der Waals surface area contributed by atoms with E-state index < -0.39 is 0 Å². The molecule has 5 nitrogen and oxygen atoms in total. The Morgan fingerprint density at radius 1 is 1.36 bits per heavy atom. The molecule has 0 atom stereocenters. The van der Waals surface area contributed by atoms with Gasteiger partial charge in [-0.3, -0.25) is 0 Å². The van der Waals surface area contributed by atoms with Crippen LogP contribution >= 0.6 is 0 Å². The van der Waals surface area contributed by atoms with E-state index in [2.05, 4.69) is 15.4 Å². The van der Waals surface area contributed by atoms with Gasteiger partial charge in [-0.2, -0.15) is 4.80 Å². The monoisotopic (exact) mass is 195 g/mol. The van der Waals surface area contributed by atoms with Gasteiger partial charge in [-0.25, -0.2) is 0 Å². The topological polar surface area (TPSA) is 69.6 Å². The van der Waals surface area contributed by atoms with Gasteiger partial charge in [0.25, 0.3) is 0 Å². The molecule has 0 saturated heterocycles. The maximum atomic E-state index is 6.10. The number of aromatic nitrogens is 4. The summed E-state index contributed by atoms with van der Waals surface area (Å²) in [6.07, 6.45) is 3.12. The molecule has 1 aliphatic rings. The molecule has 0 amide bonds. The lowest BCUT2D eigenvalue weighted by Crippen LogP contribution is -2.44. The summed E-state index contributed by atoms with van der Waals surface area (Å²) < 4.78 is 0. The molecule has 1 heterocycles. The lowest BCUT2D eigenvalue weighted by molar-refractivity contribution is 0.233. The van der Waals surface area contributed by atoms with Gasteiger partial charge >= 0.3 is 0 Å². The number of nitrogens with zero attached hydrogens (tertiary/aromatic N) is 4. The molecule has 0 spiro atoms. The minimum atomic E-state index is -0.302. The molecule has 14 heavy (non-hydrogen) atoms. The van der Waals surface area contributed by atoms with Crippen LogP contribution in [0.3, 0.4) is 0 Å². The lowest BCUT2D eigenvalue weighted by Gasteiger charge is -2.34. The first kappa shape index (κ1) is 9.58. The maximum absolute atomic E-state index is 6.10. The maximum Gasteiger partial charge on any atom is 0.194 e. The van der Waals surface area contributed by atoms with Crippen molar-refractivity contribution in [2.75, 3.05) is 0 Å². The van der Waals surface area contributed by atoms with E-state index in [1.54, 1.807) is 4.80 Å². The second-order valence-corrected chi connectivity index (χ2v) is 5.08. The van der Waals surface area contributed by atoms with Crippen LogP contribution in [0.2, 0.25) is 0 Å². The van der Waals surface area contributed by atoms with Gasteiger partial charge < -0.3 is 5.73 Å². The Balaban J connectivity index is 2.26. The molecule has 0 bridgehead atoms. The van der Waals surface area contributed by atoms with Crippen LogP contribution in [0.25, 0.3) is 0 Å². The second kappa shape index (κ2) is 2.76. The van der Waals surface area contributed by atoms with Gasteiger partial charge in [0, 0.05) is 0 Å². The summed E-state index contributed by atoms with van der Waals surface area (Å²) in [5.74, 6) is 0.693. The number of tetrazole rings is 1. The molecule has 0 aromatic carbocycles. The summed E-state index contributed by atoms with van der Waals surface area (Å²) in [6, 6.07) is 0. The van der Waals surface area contributed by atoms with Crippen LogP contribution < -0.4 is 5.73 Å². The van der Waals surface area contributed by atoms with Crippen LogP contribution in [0.5, 0.6) is 0 Å². The van der Waals surface area contributed by atoms with Crippen LogP contribution in [-0.2, 0) is 11.1 Å². The summed E-state index contributed by atoms with van der Waals surface area (Å²) in [7, 11) is 0. The fraction of sp³-hybridized carbons (Fsp3) is 0.889. The molecule has 1 aromatic rings. The number of hydrogen-bond acceptors (Lipinski definition) is 4. The average Bonchev–Trinajstić information content (AvgIpc) is 2.46. The van der Waals surface area contributed by atoms with E-state index in [1.807, 2.05) is 20.8 Å². The fourth-order valence-corrected chi connectivity index (χ4v) is 1.48. The first-order valence-corrected chi connectivity index (χ1v) is 5.02. The number of hydrogen-bond donors (Lipinski definition) is 1. The van der Waals surface area contributed by atoms with Gasteiger partial charge in [0.2, 0.25) is 0 Å². The molecule has 1 aromatic heterocycles. The Morgan fingerprint density at radius 3 is 2.36 bits per heavy atom. The van der Waals surface area contributed by atoms with E-state index in [9.17, 15) is 0 Å². The molecule has 78 valence electrons. The van der Waals surface area contributed by atoms with Crippen molar-refractivity contribution in [1.82, 2.24) is 20.2 Å². The first-order chi connectivity index (χ1) is 6.42. The second-order valence-electron chi connectivity index (χ2n) is 5.08. The minimum Gasteiger partial charge on any atom is -0.319 e. The van der Waals surface area contributed by atoms with Crippen LogP contribution in [0.15, 0.2) is 0 Å². The Kier molecular flexibility index (Phi) is 1.89. The van der Waals surface area contributed by atoms with Gasteiger partial charge in [0.15, 0.2) is 5.82 Å². The molecule has 0 unspecified atom stereocenters. The van der Waals surface area contributed by atoms with Crippen molar-refractivity contribution in [1.29, 1.82) is 0 Å². The van der Waals surface area contributed by atoms with Gasteiger partial charge in [0.05, 0.1) is 11.1 Å². The Hall–Kier alpha value is -0.970. The van der Waals surface area contributed by atoms with Crippen molar-refractivity contribution in [3.63, 3.8) is 0 Å². The zero-order valence-corrected chi connectivity index (χ0v) is 8.99. The summed E-state index contributed by atoms with van der Waals surface area (Å²) in [4.78, 5) is 1.63. The molecular formula is C9H17N5. The van der Waals surface area contributed by atoms with Crippen molar-refractivity contribution < 1.29 is 0 Å². The van der Waals surface area contributed by atoms with Crippen LogP contribution in [0, 0.1) is 0 Å². The van der Waals surface area contributed by atoms with Gasteiger partial charge in [0.1, 0.15) is 0 Å². The molecule has 2 N–H and O–H groups in total. The number of nitrogens with two attached hydrogens (primary N) is 1. The standard InChI is InChI=1S/C9H17N5/c1-8(2,3)14-12-7(11-13-14)9(10)5-4-6-9/h4-6,10H2,1-3H3. The van der Waals surface area contributed by atoms with Crippen LogP contribution in [0.1, 0.15) is 45.9 Å². The molecule has 5 heteroatoms. The lowest BCUT2D eigenvalue weighted by atomic mass is 9.77. The zero-order chi connectivity index (χ0) is 10.4. The molecule has 1 aliphatic carbocycles. The van der Waals surface area contributed by atoms with E-state index in [-0.39, 0.29) is 11.1 Å². The Bertz CT molecular complexity index is 331. The summed E-state index contributed by atoms with van der Waals surface area (Å²) in [5, 5.41) is 12.4. The predicted octanol–water partition coefficient (Wildman–Crippen LogP) is 0.766. The highest BCUT2D eigenvalue weighted by molar-refractivity contribution is 5.06. The van der Waals surface area contributed by atoms with Crippen LogP contribution in [-0.4, -0.2) is 20.2 Å².